The van der Waals surface area contributed by atoms with Gasteiger partial charge in [0.05, 0.1) is 7.11 Å². The van der Waals surface area contributed by atoms with Gasteiger partial charge in [0, 0.05) is 43.0 Å². The van der Waals surface area contributed by atoms with Gasteiger partial charge >= 0.3 is 0 Å². The highest BCUT2D eigenvalue weighted by Crippen LogP contribution is 2.26. The second-order valence-corrected chi connectivity index (χ2v) is 8.53. The Balaban J connectivity index is 1.30. The van der Waals surface area contributed by atoms with Gasteiger partial charge in [0.1, 0.15) is 5.75 Å². The van der Waals surface area contributed by atoms with Crippen molar-refractivity contribution in [2.45, 2.75) is 39.2 Å². The fourth-order valence-corrected chi connectivity index (χ4v) is 4.55. The Hall–Kier alpha value is -2.92. The third-order valence-corrected chi connectivity index (χ3v) is 6.26. The van der Waals surface area contributed by atoms with Gasteiger partial charge in [-0.05, 0) is 79.4 Å². The number of amides is 1. The zero-order valence-electron chi connectivity index (χ0n) is 18.4. The summed E-state index contributed by atoms with van der Waals surface area (Å²) in [5.74, 6) is 1.46. The van der Waals surface area contributed by atoms with Crippen molar-refractivity contribution in [1.29, 1.82) is 0 Å². The van der Waals surface area contributed by atoms with Crippen LogP contribution in [-0.4, -0.2) is 36.0 Å². The van der Waals surface area contributed by atoms with E-state index in [-0.39, 0.29) is 5.91 Å². The molecule has 1 unspecified atom stereocenters. The molecule has 1 atom stereocenters. The van der Waals surface area contributed by atoms with Crippen LogP contribution in [0.1, 0.15) is 36.8 Å². The van der Waals surface area contributed by atoms with E-state index in [2.05, 4.69) is 39.5 Å². The second kappa shape index (κ2) is 9.92. The molecule has 0 aliphatic carbocycles. The standard InChI is InChI=1S/C26H31N3O2/c1-19-15-23(31-2)9-10-25(19)28-26(30)11-8-20-5-4-14-29(17-20)18-22-7-3-6-21-16-27-13-12-24(21)22/h3,6-7,9-10,12-13,15-16,20H,4-5,8,11,14,17-18H2,1-2H3,(H,28,30). The number of hydrogen-bond acceptors (Lipinski definition) is 4. The highest BCUT2D eigenvalue weighted by Gasteiger charge is 2.21. The lowest BCUT2D eigenvalue weighted by atomic mass is 9.92. The molecular weight excluding hydrogens is 386 g/mol. The van der Waals surface area contributed by atoms with Crippen molar-refractivity contribution in [3.8, 4) is 5.75 Å². The number of nitrogens with zero attached hydrogens (tertiary/aromatic N) is 2. The SMILES string of the molecule is COc1ccc(NC(=O)CCC2CCCN(Cc3cccc4cnccc34)C2)c(C)c1. The summed E-state index contributed by atoms with van der Waals surface area (Å²) in [5, 5.41) is 5.54. The lowest BCUT2D eigenvalue weighted by molar-refractivity contribution is -0.116. The number of rotatable bonds is 7. The van der Waals surface area contributed by atoms with Crippen LogP contribution in [0.3, 0.4) is 0 Å². The summed E-state index contributed by atoms with van der Waals surface area (Å²) in [7, 11) is 1.65. The Morgan fingerprint density at radius 2 is 2.16 bits per heavy atom. The van der Waals surface area contributed by atoms with Gasteiger partial charge in [-0.25, -0.2) is 0 Å². The maximum atomic E-state index is 12.5. The van der Waals surface area contributed by atoms with Crippen molar-refractivity contribution in [1.82, 2.24) is 9.88 Å². The minimum absolute atomic E-state index is 0.0898. The molecule has 3 aromatic rings. The smallest absolute Gasteiger partial charge is 0.224 e. The average Bonchev–Trinajstić information content (AvgIpc) is 2.79. The van der Waals surface area contributed by atoms with Crippen LogP contribution < -0.4 is 10.1 Å². The summed E-state index contributed by atoms with van der Waals surface area (Å²) in [5.41, 5.74) is 3.23. The fourth-order valence-electron chi connectivity index (χ4n) is 4.55. The van der Waals surface area contributed by atoms with Crippen LogP contribution in [0, 0.1) is 12.8 Å². The number of methoxy groups -OCH3 is 1. The van der Waals surface area contributed by atoms with E-state index in [9.17, 15) is 4.79 Å². The van der Waals surface area contributed by atoms with Gasteiger partial charge in [-0.3, -0.25) is 14.7 Å². The molecule has 5 heteroatoms. The van der Waals surface area contributed by atoms with Crippen molar-refractivity contribution in [2.24, 2.45) is 5.92 Å². The van der Waals surface area contributed by atoms with Crippen LogP contribution in [0.2, 0.25) is 0 Å². The number of anilines is 1. The lowest BCUT2D eigenvalue weighted by Crippen LogP contribution is -2.35. The zero-order valence-corrected chi connectivity index (χ0v) is 18.4. The number of ether oxygens (including phenoxy) is 1. The number of aromatic nitrogens is 1. The molecule has 1 fully saturated rings. The Labute approximate surface area is 184 Å². The number of nitrogens with one attached hydrogen (secondary N) is 1. The zero-order chi connectivity index (χ0) is 21.6. The summed E-state index contributed by atoms with van der Waals surface area (Å²) in [6.07, 6.45) is 7.68. The van der Waals surface area contributed by atoms with Crippen molar-refractivity contribution in [3.63, 3.8) is 0 Å². The van der Waals surface area contributed by atoms with E-state index in [0.29, 0.717) is 12.3 Å². The van der Waals surface area contributed by atoms with Gasteiger partial charge in [0.2, 0.25) is 5.91 Å². The molecule has 0 radical (unpaired) electrons. The van der Waals surface area contributed by atoms with E-state index in [1.165, 1.54) is 29.2 Å². The molecule has 162 valence electrons. The molecular formula is C26H31N3O2. The van der Waals surface area contributed by atoms with Gasteiger partial charge in [-0.2, -0.15) is 0 Å². The highest BCUT2D eigenvalue weighted by molar-refractivity contribution is 5.91. The predicted molar refractivity (Wildman–Crippen MR) is 125 cm³/mol. The van der Waals surface area contributed by atoms with E-state index in [1.54, 1.807) is 7.11 Å². The molecule has 0 saturated carbocycles. The van der Waals surface area contributed by atoms with Crippen LogP contribution in [-0.2, 0) is 11.3 Å². The van der Waals surface area contributed by atoms with E-state index < -0.39 is 0 Å². The first-order valence-electron chi connectivity index (χ1n) is 11.1. The molecule has 5 nitrogen and oxygen atoms in total. The van der Waals surface area contributed by atoms with Crippen LogP contribution >= 0.6 is 0 Å². The summed E-state index contributed by atoms with van der Waals surface area (Å²) in [4.78, 5) is 19.3. The van der Waals surface area contributed by atoms with E-state index in [4.69, 9.17) is 4.74 Å². The van der Waals surface area contributed by atoms with Gasteiger partial charge in [0.15, 0.2) is 0 Å². The van der Waals surface area contributed by atoms with Gasteiger partial charge in [-0.15, -0.1) is 0 Å². The van der Waals surface area contributed by atoms with Gasteiger partial charge in [0.25, 0.3) is 0 Å². The molecule has 1 amide bonds. The predicted octanol–water partition coefficient (Wildman–Crippen LogP) is 5.18. The number of likely N-dealkylation sites (tertiary alicyclic amines) is 1. The second-order valence-electron chi connectivity index (χ2n) is 8.53. The summed E-state index contributed by atoms with van der Waals surface area (Å²) in [6.45, 7) is 5.11. The molecule has 1 saturated heterocycles. The number of carbonyl (C=O) groups is 1. The van der Waals surface area contributed by atoms with Crippen molar-refractivity contribution in [3.05, 3.63) is 66.0 Å². The molecule has 4 rings (SSSR count). The average molecular weight is 418 g/mol. The lowest BCUT2D eigenvalue weighted by Gasteiger charge is -2.33. The molecule has 1 aliphatic rings. The Morgan fingerprint density at radius 1 is 1.26 bits per heavy atom. The third-order valence-electron chi connectivity index (χ3n) is 6.26. The third kappa shape index (κ3) is 5.42. The number of hydrogen-bond donors (Lipinski definition) is 1. The summed E-state index contributed by atoms with van der Waals surface area (Å²) < 4.78 is 5.24. The van der Waals surface area contributed by atoms with Crippen LogP contribution in [0.15, 0.2) is 54.9 Å². The Bertz CT molecular complexity index is 1040. The maximum Gasteiger partial charge on any atom is 0.224 e. The minimum Gasteiger partial charge on any atom is -0.497 e. The summed E-state index contributed by atoms with van der Waals surface area (Å²) in [6, 6.07) is 14.3. The van der Waals surface area contributed by atoms with E-state index >= 15 is 0 Å². The quantitative estimate of drug-likeness (QED) is 0.575. The fraction of sp³-hybridized carbons (Fsp3) is 0.385. The molecule has 1 aromatic heterocycles. The number of pyridine rings is 1. The molecule has 1 aliphatic heterocycles. The number of piperidine rings is 1. The van der Waals surface area contributed by atoms with Crippen LogP contribution in [0.25, 0.3) is 10.8 Å². The van der Waals surface area contributed by atoms with Crippen molar-refractivity contribution < 1.29 is 9.53 Å². The largest absolute Gasteiger partial charge is 0.497 e. The molecule has 1 N–H and O–H groups in total. The van der Waals surface area contributed by atoms with Crippen molar-refractivity contribution >= 4 is 22.4 Å². The number of aryl methyl sites for hydroxylation is 1. The summed E-state index contributed by atoms with van der Waals surface area (Å²) >= 11 is 0. The normalized spacial score (nSPS) is 16.9. The number of fused-ring (bicyclic) bond motifs is 1. The van der Waals surface area contributed by atoms with E-state index in [0.717, 1.165) is 43.1 Å². The molecule has 0 spiro atoms. The highest BCUT2D eigenvalue weighted by atomic mass is 16.5. The van der Waals surface area contributed by atoms with Gasteiger partial charge < -0.3 is 10.1 Å². The van der Waals surface area contributed by atoms with Crippen molar-refractivity contribution in [2.75, 3.05) is 25.5 Å². The minimum atomic E-state index is 0.0898. The number of benzene rings is 2. The first-order chi connectivity index (χ1) is 15.1. The van der Waals surface area contributed by atoms with Crippen LogP contribution in [0.4, 0.5) is 5.69 Å². The Kier molecular flexibility index (Phi) is 6.82. The maximum absolute atomic E-state index is 12.5. The first-order valence-corrected chi connectivity index (χ1v) is 11.1. The van der Waals surface area contributed by atoms with Crippen LogP contribution in [0.5, 0.6) is 5.75 Å². The molecule has 0 bridgehead atoms. The Morgan fingerprint density at radius 3 is 3.00 bits per heavy atom. The number of carbonyl (C=O) groups excluding carboxylic acids is 1. The molecule has 2 aromatic carbocycles. The van der Waals surface area contributed by atoms with Gasteiger partial charge in [-0.1, -0.05) is 18.2 Å². The topological polar surface area (TPSA) is 54.5 Å². The van der Waals surface area contributed by atoms with E-state index in [1.807, 2.05) is 37.5 Å². The molecule has 2 heterocycles. The monoisotopic (exact) mass is 417 g/mol. The molecule has 31 heavy (non-hydrogen) atoms. The first kappa shape index (κ1) is 21.3.